The molecule has 2 N–H and O–H groups in total. The number of carbonyl (C=O) groups excluding carboxylic acids is 1. The molecule has 0 fully saturated rings. The van der Waals surface area contributed by atoms with Crippen LogP contribution in [0.4, 0.5) is 11.5 Å². The second kappa shape index (κ2) is 9.34. The van der Waals surface area contributed by atoms with Crippen molar-refractivity contribution in [3.8, 4) is 11.5 Å². The second-order valence-corrected chi connectivity index (χ2v) is 6.50. The number of amides is 1. The molecule has 6 heteroatoms. The molecule has 6 nitrogen and oxygen atoms in total. The minimum Gasteiger partial charge on any atom is -0.457 e. The van der Waals surface area contributed by atoms with Crippen LogP contribution in [0, 0.1) is 0 Å². The molecule has 0 saturated heterocycles. The van der Waals surface area contributed by atoms with E-state index in [1.165, 1.54) is 0 Å². The van der Waals surface area contributed by atoms with Crippen LogP contribution in [0.3, 0.4) is 0 Å². The number of para-hydroxylation sites is 1. The van der Waals surface area contributed by atoms with Gasteiger partial charge in [-0.15, -0.1) is 0 Å². The zero-order valence-corrected chi connectivity index (χ0v) is 16.2. The molecule has 148 valence electrons. The highest BCUT2D eigenvalue weighted by molar-refractivity contribution is 5.94. The van der Waals surface area contributed by atoms with Gasteiger partial charge in [-0.3, -0.25) is 9.78 Å². The minimum atomic E-state index is -0.192. The Morgan fingerprint density at radius 2 is 1.57 bits per heavy atom. The maximum atomic E-state index is 12.3. The Bertz CT molecular complexity index is 1080. The van der Waals surface area contributed by atoms with Crippen molar-refractivity contribution in [2.24, 2.45) is 0 Å². The van der Waals surface area contributed by atoms with Gasteiger partial charge < -0.3 is 15.4 Å². The number of rotatable bonds is 7. The Kier molecular flexibility index (Phi) is 5.96. The van der Waals surface area contributed by atoms with Crippen molar-refractivity contribution >= 4 is 17.4 Å². The molecule has 0 unspecified atom stereocenters. The number of benzene rings is 2. The van der Waals surface area contributed by atoms with Crippen LogP contribution < -0.4 is 15.4 Å². The van der Waals surface area contributed by atoms with E-state index < -0.39 is 0 Å². The second-order valence-electron chi connectivity index (χ2n) is 6.50. The molecule has 0 aliphatic rings. The van der Waals surface area contributed by atoms with E-state index >= 15 is 0 Å². The van der Waals surface area contributed by atoms with E-state index in [1.807, 2.05) is 72.8 Å². The molecule has 0 aliphatic heterocycles. The molecule has 2 heterocycles. The topological polar surface area (TPSA) is 76.1 Å². The van der Waals surface area contributed by atoms with Crippen LogP contribution in [-0.4, -0.2) is 15.9 Å². The number of nitrogens with zero attached hydrogens (tertiary/aromatic N) is 2. The fourth-order valence-electron chi connectivity index (χ4n) is 2.76. The van der Waals surface area contributed by atoms with Crippen molar-refractivity contribution in [1.29, 1.82) is 0 Å². The van der Waals surface area contributed by atoms with Crippen LogP contribution in [0.5, 0.6) is 11.5 Å². The Labute approximate surface area is 174 Å². The molecule has 1 amide bonds. The first kappa shape index (κ1) is 19.1. The van der Waals surface area contributed by atoms with Gasteiger partial charge in [0.15, 0.2) is 0 Å². The third kappa shape index (κ3) is 5.20. The molecule has 0 atom stereocenters. The van der Waals surface area contributed by atoms with E-state index in [1.54, 1.807) is 24.5 Å². The first-order chi connectivity index (χ1) is 14.8. The van der Waals surface area contributed by atoms with E-state index in [2.05, 4.69) is 20.6 Å². The lowest BCUT2D eigenvalue weighted by molar-refractivity contribution is 0.0950. The summed E-state index contributed by atoms with van der Waals surface area (Å²) in [5, 5.41) is 6.05. The van der Waals surface area contributed by atoms with Crippen molar-refractivity contribution in [2.75, 3.05) is 5.32 Å². The van der Waals surface area contributed by atoms with Crippen LogP contribution in [0.1, 0.15) is 16.1 Å². The Morgan fingerprint density at radius 1 is 0.800 bits per heavy atom. The smallest absolute Gasteiger partial charge is 0.253 e. The summed E-state index contributed by atoms with van der Waals surface area (Å²) < 4.78 is 5.79. The van der Waals surface area contributed by atoms with E-state index in [0.717, 1.165) is 22.9 Å². The summed E-state index contributed by atoms with van der Waals surface area (Å²) in [7, 11) is 0. The Morgan fingerprint density at radius 3 is 2.27 bits per heavy atom. The predicted molar refractivity (Wildman–Crippen MR) is 116 cm³/mol. The number of aromatic nitrogens is 2. The molecule has 2 aromatic heterocycles. The van der Waals surface area contributed by atoms with Gasteiger partial charge in [-0.25, -0.2) is 4.98 Å². The van der Waals surface area contributed by atoms with Gasteiger partial charge in [-0.2, -0.15) is 0 Å². The Hall–Kier alpha value is -4.19. The first-order valence-corrected chi connectivity index (χ1v) is 9.50. The summed E-state index contributed by atoms with van der Waals surface area (Å²) in [6.07, 6.45) is 3.24. The number of ether oxygens (including phenoxy) is 1. The maximum Gasteiger partial charge on any atom is 0.253 e. The van der Waals surface area contributed by atoms with Crippen molar-refractivity contribution in [3.05, 3.63) is 109 Å². The zero-order chi connectivity index (χ0) is 20.6. The number of carbonyl (C=O) groups is 1. The van der Waals surface area contributed by atoms with Gasteiger partial charge in [0, 0.05) is 18.1 Å². The lowest BCUT2D eigenvalue weighted by Gasteiger charge is -2.09. The molecular formula is C24H20N4O2. The predicted octanol–water partition coefficient (Wildman–Crippen LogP) is 4.94. The highest BCUT2D eigenvalue weighted by Gasteiger charge is 2.07. The highest BCUT2D eigenvalue weighted by atomic mass is 16.5. The van der Waals surface area contributed by atoms with E-state index in [0.29, 0.717) is 17.9 Å². The molecule has 4 aromatic rings. The third-order valence-corrected chi connectivity index (χ3v) is 4.29. The van der Waals surface area contributed by atoms with Crippen LogP contribution >= 0.6 is 0 Å². The average Bonchev–Trinajstić information content (AvgIpc) is 2.81. The minimum absolute atomic E-state index is 0.192. The normalized spacial score (nSPS) is 10.3. The molecule has 4 rings (SSSR count). The number of anilines is 2. The van der Waals surface area contributed by atoms with Gasteiger partial charge in [0.25, 0.3) is 5.91 Å². The fourth-order valence-corrected chi connectivity index (χ4v) is 2.76. The summed E-state index contributed by atoms with van der Waals surface area (Å²) in [6, 6.07) is 26.3. The van der Waals surface area contributed by atoms with Gasteiger partial charge in [0.1, 0.15) is 17.3 Å². The molecule has 0 bridgehead atoms. The number of hydrogen-bond donors (Lipinski definition) is 2. The number of hydrogen-bond acceptors (Lipinski definition) is 5. The summed E-state index contributed by atoms with van der Waals surface area (Å²) >= 11 is 0. The van der Waals surface area contributed by atoms with Gasteiger partial charge in [0.2, 0.25) is 0 Å². The molecule has 0 saturated carbocycles. The van der Waals surface area contributed by atoms with Crippen molar-refractivity contribution in [2.45, 2.75) is 6.54 Å². The standard InChI is InChI=1S/C24H20N4O2/c29-24(27-17-20-6-4-5-15-25-20)18-9-14-23(26-16-18)28-19-10-12-22(13-11-19)30-21-7-2-1-3-8-21/h1-16H,17H2,(H,26,28)(H,27,29). The lowest BCUT2D eigenvalue weighted by Crippen LogP contribution is -2.23. The van der Waals surface area contributed by atoms with Gasteiger partial charge >= 0.3 is 0 Å². The molecule has 2 aromatic carbocycles. The highest BCUT2D eigenvalue weighted by Crippen LogP contribution is 2.23. The fraction of sp³-hybridized carbons (Fsp3) is 0.0417. The van der Waals surface area contributed by atoms with E-state index in [-0.39, 0.29) is 5.91 Å². The summed E-state index contributed by atoms with van der Waals surface area (Å²) in [4.78, 5) is 20.8. The van der Waals surface area contributed by atoms with Crippen molar-refractivity contribution < 1.29 is 9.53 Å². The van der Waals surface area contributed by atoms with Crippen molar-refractivity contribution in [1.82, 2.24) is 15.3 Å². The van der Waals surface area contributed by atoms with E-state index in [4.69, 9.17) is 4.74 Å². The van der Waals surface area contributed by atoms with Crippen molar-refractivity contribution in [3.63, 3.8) is 0 Å². The molecule has 0 aliphatic carbocycles. The lowest BCUT2D eigenvalue weighted by atomic mass is 10.2. The third-order valence-electron chi connectivity index (χ3n) is 4.29. The summed E-state index contributed by atoms with van der Waals surface area (Å²) in [6.45, 7) is 0.372. The zero-order valence-electron chi connectivity index (χ0n) is 16.2. The largest absolute Gasteiger partial charge is 0.457 e. The quantitative estimate of drug-likeness (QED) is 0.463. The summed E-state index contributed by atoms with van der Waals surface area (Å²) in [5.74, 6) is 1.99. The summed E-state index contributed by atoms with van der Waals surface area (Å²) in [5.41, 5.74) is 2.16. The molecule has 30 heavy (non-hydrogen) atoms. The Balaban J connectivity index is 1.32. The molecule has 0 radical (unpaired) electrons. The monoisotopic (exact) mass is 396 g/mol. The SMILES string of the molecule is O=C(NCc1ccccn1)c1ccc(Nc2ccc(Oc3ccccc3)cc2)nc1. The van der Waals surface area contributed by atoms with Crippen LogP contribution in [-0.2, 0) is 6.54 Å². The van der Waals surface area contributed by atoms with Crippen LogP contribution in [0.2, 0.25) is 0 Å². The molecular weight excluding hydrogens is 376 g/mol. The van der Waals surface area contributed by atoms with Crippen LogP contribution in [0.15, 0.2) is 97.3 Å². The van der Waals surface area contributed by atoms with Gasteiger partial charge in [-0.1, -0.05) is 24.3 Å². The molecule has 0 spiro atoms. The van der Waals surface area contributed by atoms with E-state index in [9.17, 15) is 4.79 Å². The van der Waals surface area contributed by atoms with Crippen LogP contribution in [0.25, 0.3) is 0 Å². The van der Waals surface area contributed by atoms with Gasteiger partial charge in [0.05, 0.1) is 17.8 Å². The number of nitrogens with one attached hydrogen (secondary N) is 2. The first-order valence-electron chi connectivity index (χ1n) is 9.50. The number of pyridine rings is 2. The van der Waals surface area contributed by atoms with Gasteiger partial charge in [-0.05, 0) is 60.7 Å². The average molecular weight is 396 g/mol. The maximum absolute atomic E-state index is 12.3.